The van der Waals surface area contributed by atoms with E-state index in [0.29, 0.717) is 11.9 Å². The molecule has 1 fully saturated rings. The predicted molar refractivity (Wildman–Crippen MR) is 82.8 cm³/mol. The number of nitrogens with one attached hydrogen (secondary N) is 1. The molecule has 110 valence electrons. The number of rotatable bonds is 5. The summed E-state index contributed by atoms with van der Waals surface area (Å²) in [5.74, 6) is 0.347. The SMILES string of the molecule is CCCC(C(=O)N1CCC(NC)CC1)c1ccccc1. The molecule has 0 aromatic heterocycles. The van der Waals surface area contributed by atoms with Crippen molar-refractivity contribution >= 4 is 5.91 Å². The van der Waals surface area contributed by atoms with E-state index < -0.39 is 0 Å². The lowest BCUT2D eigenvalue weighted by atomic mass is 9.92. The highest BCUT2D eigenvalue weighted by molar-refractivity contribution is 5.83. The molecule has 3 heteroatoms. The van der Waals surface area contributed by atoms with Crippen molar-refractivity contribution in [1.82, 2.24) is 10.2 Å². The quantitative estimate of drug-likeness (QED) is 0.895. The van der Waals surface area contributed by atoms with Gasteiger partial charge in [-0.05, 0) is 31.9 Å². The molecule has 0 bridgehead atoms. The number of amides is 1. The van der Waals surface area contributed by atoms with E-state index >= 15 is 0 Å². The monoisotopic (exact) mass is 274 g/mol. The second-order valence-electron chi connectivity index (χ2n) is 5.64. The van der Waals surface area contributed by atoms with E-state index in [1.165, 1.54) is 0 Å². The smallest absolute Gasteiger partial charge is 0.230 e. The molecule has 1 saturated heterocycles. The molecule has 1 aliphatic rings. The Morgan fingerprint density at radius 2 is 1.95 bits per heavy atom. The molecule has 1 N–H and O–H groups in total. The van der Waals surface area contributed by atoms with Gasteiger partial charge in [-0.2, -0.15) is 0 Å². The fourth-order valence-electron chi connectivity index (χ4n) is 3.02. The van der Waals surface area contributed by atoms with Gasteiger partial charge in [0.1, 0.15) is 0 Å². The maximum Gasteiger partial charge on any atom is 0.230 e. The number of benzene rings is 1. The van der Waals surface area contributed by atoms with Crippen molar-refractivity contribution < 1.29 is 4.79 Å². The number of piperidine rings is 1. The Bertz CT molecular complexity index is 410. The van der Waals surface area contributed by atoms with Crippen molar-refractivity contribution in [1.29, 1.82) is 0 Å². The topological polar surface area (TPSA) is 32.3 Å². The Morgan fingerprint density at radius 3 is 2.50 bits per heavy atom. The Morgan fingerprint density at radius 1 is 1.30 bits per heavy atom. The van der Waals surface area contributed by atoms with Gasteiger partial charge in [-0.15, -0.1) is 0 Å². The molecule has 1 amide bonds. The molecule has 0 saturated carbocycles. The number of carbonyl (C=O) groups excluding carboxylic acids is 1. The summed E-state index contributed by atoms with van der Waals surface area (Å²) in [6.45, 7) is 3.92. The third kappa shape index (κ3) is 3.60. The van der Waals surface area contributed by atoms with Crippen molar-refractivity contribution in [3.05, 3.63) is 35.9 Å². The zero-order valence-electron chi connectivity index (χ0n) is 12.6. The van der Waals surface area contributed by atoms with Gasteiger partial charge in [-0.3, -0.25) is 4.79 Å². The predicted octanol–water partition coefficient (Wildman–Crippen LogP) is 2.78. The van der Waals surface area contributed by atoms with Crippen LogP contribution in [0.15, 0.2) is 30.3 Å². The molecule has 1 aromatic carbocycles. The molecular formula is C17H26N2O. The molecule has 3 nitrogen and oxygen atoms in total. The van der Waals surface area contributed by atoms with E-state index in [-0.39, 0.29) is 5.92 Å². The molecule has 0 radical (unpaired) electrons. The molecule has 1 aromatic rings. The summed E-state index contributed by atoms with van der Waals surface area (Å²) in [4.78, 5) is 14.8. The molecule has 0 spiro atoms. The van der Waals surface area contributed by atoms with Crippen LogP contribution >= 0.6 is 0 Å². The minimum absolute atomic E-state index is 0.0346. The van der Waals surface area contributed by atoms with Crippen LogP contribution in [-0.4, -0.2) is 37.0 Å². The van der Waals surface area contributed by atoms with Crippen molar-refractivity contribution in [3.63, 3.8) is 0 Å². The van der Waals surface area contributed by atoms with Gasteiger partial charge in [0, 0.05) is 19.1 Å². The molecule has 0 aliphatic carbocycles. The van der Waals surface area contributed by atoms with Crippen LogP contribution in [0.4, 0.5) is 0 Å². The van der Waals surface area contributed by atoms with Gasteiger partial charge in [0.05, 0.1) is 5.92 Å². The molecule has 2 rings (SSSR count). The van der Waals surface area contributed by atoms with E-state index in [1.54, 1.807) is 0 Å². The van der Waals surface area contributed by atoms with E-state index in [9.17, 15) is 4.79 Å². The normalized spacial score (nSPS) is 18.0. The van der Waals surface area contributed by atoms with Crippen LogP contribution in [0, 0.1) is 0 Å². The van der Waals surface area contributed by atoms with E-state index in [0.717, 1.165) is 44.3 Å². The van der Waals surface area contributed by atoms with Gasteiger partial charge in [0.2, 0.25) is 5.91 Å². The van der Waals surface area contributed by atoms with E-state index in [1.807, 2.05) is 25.2 Å². The van der Waals surface area contributed by atoms with Crippen molar-refractivity contribution in [2.45, 2.75) is 44.6 Å². The molecule has 1 atom stereocenters. The Hall–Kier alpha value is -1.35. The lowest BCUT2D eigenvalue weighted by Gasteiger charge is -2.34. The first-order chi connectivity index (χ1) is 9.76. The van der Waals surface area contributed by atoms with Gasteiger partial charge in [-0.1, -0.05) is 43.7 Å². The van der Waals surface area contributed by atoms with E-state index in [4.69, 9.17) is 0 Å². The summed E-state index contributed by atoms with van der Waals surface area (Å²) < 4.78 is 0. The summed E-state index contributed by atoms with van der Waals surface area (Å²) in [5.41, 5.74) is 1.16. The van der Waals surface area contributed by atoms with Crippen LogP contribution in [0.3, 0.4) is 0 Å². The van der Waals surface area contributed by atoms with Gasteiger partial charge < -0.3 is 10.2 Å². The average molecular weight is 274 g/mol. The van der Waals surface area contributed by atoms with Gasteiger partial charge >= 0.3 is 0 Å². The van der Waals surface area contributed by atoms with Crippen molar-refractivity contribution in [3.8, 4) is 0 Å². The zero-order chi connectivity index (χ0) is 14.4. The fourth-order valence-corrected chi connectivity index (χ4v) is 3.02. The standard InChI is InChI=1S/C17H26N2O/c1-3-7-16(14-8-5-4-6-9-14)17(20)19-12-10-15(18-2)11-13-19/h4-6,8-9,15-16,18H,3,7,10-13H2,1-2H3. The number of likely N-dealkylation sites (tertiary alicyclic amines) is 1. The van der Waals surface area contributed by atoms with Crippen LogP contribution in [-0.2, 0) is 4.79 Å². The summed E-state index contributed by atoms with van der Waals surface area (Å²) in [6.07, 6.45) is 4.11. The molecule has 20 heavy (non-hydrogen) atoms. The highest BCUT2D eigenvalue weighted by Crippen LogP contribution is 2.25. The van der Waals surface area contributed by atoms with Crippen LogP contribution in [0.2, 0.25) is 0 Å². The first kappa shape index (κ1) is 15.0. The molecule has 1 heterocycles. The van der Waals surface area contributed by atoms with Crippen molar-refractivity contribution in [2.75, 3.05) is 20.1 Å². The number of hydrogen-bond donors (Lipinski definition) is 1. The van der Waals surface area contributed by atoms with E-state index in [2.05, 4.69) is 29.3 Å². The molecular weight excluding hydrogens is 248 g/mol. The zero-order valence-corrected chi connectivity index (χ0v) is 12.6. The minimum atomic E-state index is 0.0346. The van der Waals surface area contributed by atoms with Crippen LogP contribution in [0.5, 0.6) is 0 Å². The Kier molecular flexibility index (Phi) is 5.60. The largest absolute Gasteiger partial charge is 0.342 e. The number of hydrogen-bond acceptors (Lipinski definition) is 2. The second kappa shape index (κ2) is 7.44. The minimum Gasteiger partial charge on any atom is -0.342 e. The van der Waals surface area contributed by atoms with Gasteiger partial charge in [0.25, 0.3) is 0 Å². The van der Waals surface area contributed by atoms with Crippen LogP contribution < -0.4 is 5.32 Å². The highest BCUT2D eigenvalue weighted by atomic mass is 16.2. The number of nitrogens with zero attached hydrogens (tertiary/aromatic N) is 1. The summed E-state index contributed by atoms with van der Waals surface area (Å²) >= 11 is 0. The van der Waals surface area contributed by atoms with Crippen LogP contribution in [0.25, 0.3) is 0 Å². The summed E-state index contributed by atoms with van der Waals surface area (Å²) in [5, 5.41) is 3.31. The first-order valence-corrected chi connectivity index (χ1v) is 7.77. The third-order valence-electron chi connectivity index (χ3n) is 4.29. The number of carbonyl (C=O) groups is 1. The van der Waals surface area contributed by atoms with Gasteiger partial charge in [-0.25, -0.2) is 0 Å². The Balaban J connectivity index is 2.04. The summed E-state index contributed by atoms with van der Waals surface area (Å²) in [7, 11) is 2.01. The Labute approximate surface area is 122 Å². The lowest BCUT2D eigenvalue weighted by molar-refractivity contribution is -0.134. The molecule has 1 unspecified atom stereocenters. The maximum absolute atomic E-state index is 12.8. The average Bonchev–Trinajstić information content (AvgIpc) is 2.53. The fraction of sp³-hybridized carbons (Fsp3) is 0.588. The first-order valence-electron chi connectivity index (χ1n) is 7.77. The summed E-state index contributed by atoms with van der Waals surface area (Å²) in [6, 6.07) is 10.8. The lowest BCUT2D eigenvalue weighted by Crippen LogP contribution is -2.45. The third-order valence-corrected chi connectivity index (χ3v) is 4.29. The van der Waals surface area contributed by atoms with Crippen LogP contribution in [0.1, 0.15) is 44.1 Å². The van der Waals surface area contributed by atoms with Crippen molar-refractivity contribution in [2.24, 2.45) is 0 Å². The maximum atomic E-state index is 12.8. The highest BCUT2D eigenvalue weighted by Gasteiger charge is 2.28. The van der Waals surface area contributed by atoms with Gasteiger partial charge in [0.15, 0.2) is 0 Å². The molecule has 1 aliphatic heterocycles. The second-order valence-corrected chi connectivity index (χ2v) is 5.64.